The number of carbonyl (C=O) groups excluding carboxylic acids is 2. The molecule has 158 valence electrons. The quantitative estimate of drug-likeness (QED) is 0.699. The monoisotopic (exact) mass is 420 g/mol. The molecule has 0 bridgehead atoms. The van der Waals surface area contributed by atoms with Crippen molar-refractivity contribution in [1.82, 2.24) is 9.21 Å². The molecule has 3 aliphatic rings. The van der Waals surface area contributed by atoms with E-state index in [9.17, 15) is 18.0 Å². The third kappa shape index (κ3) is 3.68. The molecule has 2 heterocycles. The molecule has 2 aliphatic heterocycles. The van der Waals surface area contributed by atoms with E-state index < -0.39 is 22.0 Å². The standard InChI is InChI=1S/C21H28N2O5S/c1-28-21(25)19-14-15-7-2-3-10-18(15)23(19)20(24)16-8-6-9-17(13-16)29(26,27)22-11-4-5-12-22/h6,8-9,13,15,18-19H,2-5,7,10-12,14H2,1H3. The van der Waals surface area contributed by atoms with Crippen LogP contribution in [0, 0.1) is 5.92 Å². The normalized spacial score (nSPS) is 27.6. The third-order valence-corrected chi connectivity index (χ3v) is 8.47. The number of esters is 1. The Labute approximate surface area is 172 Å². The highest BCUT2D eigenvalue weighted by molar-refractivity contribution is 7.89. The van der Waals surface area contributed by atoms with Crippen molar-refractivity contribution in [1.29, 1.82) is 0 Å². The summed E-state index contributed by atoms with van der Waals surface area (Å²) >= 11 is 0. The van der Waals surface area contributed by atoms with Crippen molar-refractivity contribution in [3.05, 3.63) is 29.8 Å². The van der Waals surface area contributed by atoms with Crippen LogP contribution in [0.5, 0.6) is 0 Å². The molecular formula is C21H28N2O5S. The number of fused-ring (bicyclic) bond motifs is 1. The van der Waals surface area contributed by atoms with Crippen LogP contribution in [0.15, 0.2) is 29.2 Å². The highest BCUT2D eigenvalue weighted by atomic mass is 32.2. The maximum Gasteiger partial charge on any atom is 0.328 e. The predicted octanol–water partition coefficient (Wildman–Crippen LogP) is 2.42. The van der Waals surface area contributed by atoms with Gasteiger partial charge in [0.15, 0.2) is 0 Å². The maximum atomic E-state index is 13.4. The number of hydrogen-bond acceptors (Lipinski definition) is 5. The van der Waals surface area contributed by atoms with Crippen LogP contribution in [0.1, 0.15) is 55.3 Å². The Kier molecular flexibility index (Phi) is 5.66. The molecule has 0 radical (unpaired) electrons. The molecule has 1 amide bonds. The first-order chi connectivity index (χ1) is 13.9. The molecule has 0 spiro atoms. The first-order valence-corrected chi connectivity index (χ1v) is 11.9. The zero-order chi connectivity index (χ0) is 20.6. The van der Waals surface area contributed by atoms with Gasteiger partial charge in [0.1, 0.15) is 6.04 Å². The number of benzene rings is 1. The minimum Gasteiger partial charge on any atom is -0.467 e. The molecule has 1 aromatic carbocycles. The fraction of sp³-hybridized carbons (Fsp3) is 0.619. The maximum absolute atomic E-state index is 13.4. The number of methoxy groups -OCH3 is 1. The fourth-order valence-corrected chi connectivity index (χ4v) is 6.68. The number of amides is 1. The van der Waals surface area contributed by atoms with Crippen molar-refractivity contribution in [2.24, 2.45) is 5.92 Å². The van der Waals surface area contributed by atoms with E-state index in [2.05, 4.69) is 0 Å². The summed E-state index contributed by atoms with van der Waals surface area (Å²) in [5, 5.41) is 0. The topological polar surface area (TPSA) is 84.0 Å². The van der Waals surface area contributed by atoms with Crippen molar-refractivity contribution in [3.63, 3.8) is 0 Å². The molecule has 0 aromatic heterocycles. The van der Waals surface area contributed by atoms with Crippen molar-refractivity contribution >= 4 is 21.9 Å². The summed E-state index contributed by atoms with van der Waals surface area (Å²) in [7, 11) is -2.26. The lowest BCUT2D eigenvalue weighted by Gasteiger charge is -2.33. The molecule has 1 aromatic rings. The van der Waals surface area contributed by atoms with Gasteiger partial charge in [0.2, 0.25) is 10.0 Å². The van der Waals surface area contributed by atoms with Crippen molar-refractivity contribution in [3.8, 4) is 0 Å². The Morgan fingerprint density at radius 1 is 1.07 bits per heavy atom. The average molecular weight is 421 g/mol. The van der Waals surface area contributed by atoms with E-state index in [1.54, 1.807) is 17.0 Å². The van der Waals surface area contributed by atoms with E-state index in [1.807, 2.05) is 0 Å². The van der Waals surface area contributed by atoms with Crippen LogP contribution < -0.4 is 0 Å². The number of sulfonamides is 1. The molecule has 1 saturated carbocycles. The van der Waals surface area contributed by atoms with Gasteiger partial charge >= 0.3 is 5.97 Å². The highest BCUT2D eigenvalue weighted by Crippen LogP contribution is 2.41. The van der Waals surface area contributed by atoms with Crippen LogP contribution in [0.3, 0.4) is 0 Å². The zero-order valence-corrected chi connectivity index (χ0v) is 17.6. The van der Waals surface area contributed by atoms with Gasteiger partial charge in [-0.1, -0.05) is 18.9 Å². The molecule has 3 unspecified atom stereocenters. The summed E-state index contributed by atoms with van der Waals surface area (Å²) in [4.78, 5) is 27.6. The molecule has 2 saturated heterocycles. The highest BCUT2D eigenvalue weighted by Gasteiger charge is 2.48. The summed E-state index contributed by atoms with van der Waals surface area (Å²) in [6.07, 6.45) is 6.35. The van der Waals surface area contributed by atoms with E-state index in [-0.39, 0.29) is 16.8 Å². The van der Waals surface area contributed by atoms with Gasteiger partial charge < -0.3 is 9.64 Å². The van der Waals surface area contributed by atoms with Crippen LogP contribution in [0.4, 0.5) is 0 Å². The molecule has 29 heavy (non-hydrogen) atoms. The summed E-state index contributed by atoms with van der Waals surface area (Å²) in [5.74, 6) is -0.379. The van der Waals surface area contributed by atoms with Crippen LogP contribution in [-0.4, -0.2) is 61.8 Å². The lowest BCUT2D eigenvalue weighted by Crippen LogP contribution is -2.46. The van der Waals surface area contributed by atoms with Gasteiger partial charge in [-0.15, -0.1) is 0 Å². The Balaban J connectivity index is 1.65. The van der Waals surface area contributed by atoms with E-state index >= 15 is 0 Å². The van der Waals surface area contributed by atoms with Gasteiger partial charge in [-0.3, -0.25) is 4.79 Å². The zero-order valence-electron chi connectivity index (χ0n) is 16.7. The minimum atomic E-state index is -3.61. The SMILES string of the molecule is COC(=O)C1CC2CCCCC2N1C(=O)c1cccc(S(=O)(=O)N2CCCC2)c1. The molecule has 4 rings (SSSR count). The van der Waals surface area contributed by atoms with Gasteiger partial charge in [0.25, 0.3) is 5.91 Å². The summed E-state index contributed by atoms with van der Waals surface area (Å²) < 4.78 is 32.2. The summed E-state index contributed by atoms with van der Waals surface area (Å²) in [6, 6.07) is 5.66. The Morgan fingerprint density at radius 3 is 2.52 bits per heavy atom. The molecule has 3 atom stereocenters. The second kappa shape index (κ2) is 8.07. The molecule has 8 heteroatoms. The lowest BCUT2D eigenvalue weighted by atomic mass is 9.84. The number of nitrogens with zero attached hydrogens (tertiary/aromatic N) is 2. The number of carbonyl (C=O) groups is 2. The Morgan fingerprint density at radius 2 is 1.79 bits per heavy atom. The fourth-order valence-electron chi connectivity index (χ4n) is 5.11. The molecule has 0 N–H and O–H groups in total. The number of likely N-dealkylation sites (tertiary alicyclic amines) is 1. The van der Waals surface area contributed by atoms with Crippen LogP contribution in [-0.2, 0) is 19.6 Å². The Bertz CT molecular complexity index is 894. The summed E-state index contributed by atoms with van der Waals surface area (Å²) in [6.45, 7) is 1.03. The first kappa shape index (κ1) is 20.3. The van der Waals surface area contributed by atoms with Crippen LogP contribution in [0.2, 0.25) is 0 Å². The smallest absolute Gasteiger partial charge is 0.328 e. The van der Waals surface area contributed by atoms with E-state index in [1.165, 1.54) is 23.5 Å². The predicted molar refractivity (Wildman–Crippen MR) is 107 cm³/mol. The van der Waals surface area contributed by atoms with E-state index in [4.69, 9.17) is 4.74 Å². The molecule has 7 nitrogen and oxygen atoms in total. The van der Waals surface area contributed by atoms with Crippen molar-refractivity contribution in [2.45, 2.75) is 61.9 Å². The van der Waals surface area contributed by atoms with Gasteiger partial charge in [0.05, 0.1) is 12.0 Å². The number of ether oxygens (including phenoxy) is 1. The first-order valence-electron chi connectivity index (χ1n) is 10.4. The third-order valence-electron chi connectivity index (χ3n) is 6.58. The van der Waals surface area contributed by atoms with Gasteiger partial charge in [0, 0.05) is 24.7 Å². The van der Waals surface area contributed by atoms with Gasteiger partial charge in [-0.2, -0.15) is 4.31 Å². The minimum absolute atomic E-state index is 0.0131. The Hall–Kier alpha value is -1.93. The van der Waals surface area contributed by atoms with Crippen molar-refractivity contribution in [2.75, 3.05) is 20.2 Å². The van der Waals surface area contributed by atoms with Gasteiger partial charge in [-0.25, -0.2) is 13.2 Å². The largest absolute Gasteiger partial charge is 0.467 e. The van der Waals surface area contributed by atoms with Crippen LogP contribution in [0.25, 0.3) is 0 Å². The summed E-state index contributed by atoms with van der Waals surface area (Å²) in [5.41, 5.74) is 0.311. The lowest BCUT2D eigenvalue weighted by molar-refractivity contribution is -0.145. The van der Waals surface area contributed by atoms with E-state index in [0.29, 0.717) is 31.0 Å². The molecule has 3 fully saturated rings. The number of rotatable bonds is 4. The second-order valence-corrected chi connectivity index (χ2v) is 10.2. The van der Waals surface area contributed by atoms with E-state index in [0.717, 1.165) is 38.5 Å². The number of hydrogen-bond donors (Lipinski definition) is 0. The van der Waals surface area contributed by atoms with Crippen molar-refractivity contribution < 1.29 is 22.7 Å². The molecular weight excluding hydrogens is 392 g/mol. The average Bonchev–Trinajstić information content (AvgIpc) is 3.41. The van der Waals surface area contributed by atoms with Crippen LogP contribution >= 0.6 is 0 Å². The van der Waals surface area contributed by atoms with Gasteiger partial charge in [-0.05, 0) is 56.2 Å². The second-order valence-electron chi connectivity index (χ2n) is 8.24. The molecule has 1 aliphatic carbocycles.